The van der Waals surface area contributed by atoms with Gasteiger partial charge in [0, 0.05) is 0 Å². The van der Waals surface area contributed by atoms with E-state index in [9.17, 15) is 13.2 Å². The van der Waals surface area contributed by atoms with Crippen LogP contribution in [-0.4, -0.2) is 24.5 Å². The molecule has 0 aliphatic carbocycles. The Morgan fingerprint density at radius 3 is 2.43 bits per heavy atom. The lowest BCUT2D eigenvalue weighted by Crippen LogP contribution is -2.16. The van der Waals surface area contributed by atoms with Gasteiger partial charge in [-0.1, -0.05) is 6.07 Å². The number of aromatic nitrogens is 1. The average molecular weight is 310 g/mol. The number of benzene rings is 1. The normalized spacial score (nSPS) is 11.4. The van der Waals surface area contributed by atoms with Crippen LogP contribution in [0.4, 0.5) is 6.01 Å². The number of carbonyl (C=O) groups is 1. The zero-order valence-electron chi connectivity index (χ0n) is 11.7. The van der Waals surface area contributed by atoms with E-state index in [1.807, 2.05) is 0 Å². The Labute approximate surface area is 121 Å². The summed E-state index contributed by atoms with van der Waals surface area (Å²) in [5.74, 6) is -1.18. The van der Waals surface area contributed by atoms with E-state index in [0.29, 0.717) is 16.8 Å². The van der Waals surface area contributed by atoms with Gasteiger partial charge in [0.05, 0.1) is 16.2 Å². The minimum absolute atomic E-state index is 0.0652. The van der Waals surface area contributed by atoms with Gasteiger partial charge in [-0.3, -0.25) is 0 Å². The third-order valence-electron chi connectivity index (χ3n) is 2.88. The number of hydrogen-bond acceptors (Lipinski definition) is 5. The molecule has 2 aromatic rings. The van der Waals surface area contributed by atoms with Gasteiger partial charge in [0.15, 0.2) is 0 Å². The predicted molar refractivity (Wildman–Crippen MR) is 74.9 cm³/mol. The molecule has 1 aromatic heterocycles. The average Bonchev–Trinajstić information content (AvgIpc) is 2.72. The van der Waals surface area contributed by atoms with Crippen LogP contribution in [0.2, 0.25) is 0 Å². The molecule has 0 spiro atoms. The molecule has 0 aliphatic heterocycles. The Hall–Kier alpha value is -2.35. The summed E-state index contributed by atoms with van der Waals surface area (Å²) in [7, 11) is -3.97. The molecule has 21 heavy (non-hydrogen) atoms. The van der Waals surface area contributed by atoms with Crippen molar-refractivity contribution in [3.8, 4) is 0 Å². The van der Waals surface area contributed by atoms with Crippen LogP contribution in [0.25, 0.3) is 0 Å². The van der Waals surface area contributed by atoms with Gasteiger partial charge in [-0.05, 0) is 38.0 Å². The minimum atomic E-state index is -3.97. The monoisotopic (exact) mass is 310 g/mol. The Balaban J connectivity index is 2.49. The molecule has 0 amide bonds. The molecule has 0 unspecified atom stereocenters. The molecule has 112 valence electrons. The largest absolute Gasteiger partial charge is 0.478 e. The highest BCUT2D eigenvalue weighted by molar-refractivity contribution is 7.92. The van der Waals surface area contributed by atoms with Crippen molar-refractivity contribution in [2.75, 3.05) is 4.72 Å². The van der Waals surface area contributed by atoms with Crippen LogP contribution in [0.3, 0.4) is 0 Å². The zero-order chi connectivity index (χ0) is 15.8. The third kappa shape index (κ3) is 3.05. The first-order valence-corrected chi connectivity index (χ1v) is 7.48. The summed E-state index contributed by atoms with van der Waals surface area (Å²) in [6.07, 6.45) is 1.31. The molecule has 0 radical (unpaired) electrons. The Bertz CT molecular complexity index is 808. The summed E-state index contributed by atoms with van der Waals surface area (Å²) in [4.78, 5) is 14.9. The van der Waals surface area contributed by atoms with Gasteiger partial charge in [0.2, 0.25) is 0 Å². The fourth-order valence-electron chi connectivity index (χ4n) is 1.92. The molecular formula is C13H14N2O5S. The second-order valence-corrected chi connectivity index (χ2v) is 6.29. The quantitative estimate of drug-likeness (QED) is 0.895. The van der Waals surface area contributed by atoms with Crippen LogP contribution in [-0.2, 0) is 10.0 Å². The zero-order valence-corrected chi connectivity index (χ0v) is 12.5. The van der Waals surface area contributed by atoms with E-state index in [-0.39, 0.29) is 16.5 Å². The molecule has 2 rings (SSSR count). The van der Waals surface area contributed by atoms with Crippen molar-refractivity contribution in [3.05, 3.63) is 40.8 Å². The predicted octanol–water partition coefficient (Wildman–Crippen LogP) is 2.10. The van der Waals surface area contributed by atoms with E-state index in [1.54, 1.807) is 20.8 Å². The number of hydrogen-bond donors (Lipinski definition) is 2. The molecule has 1 heterocycles. The van der Waals surface area contributed by atoms with Crippen molar-refractivity contribution >= 4 is 22.0 Å². The van der Waals surface area contributed by atoms with Gasteiger partial charge in [0.1, 0.15) is 6.26 Å². The second-order valence-electron chi connectivity index (χ2n) is 4.64. The molecule has 7 nitrogen and oxygen atoms in total. The molecular weight excluding hydrogens is 296 g/mol. The summed E-state index contributed by atoms with van der Waals surface area (Å²) in [6, 6.07) is 2.48. The van der Waals surface area contributed by atoms with E-state index in [2.05, 4.69) is 9.71 Å². The molecule has 0 saturated carbocycles. The van der Waals surface area contributed by atoms with Crippen LogP contribution in [0, 0.1) is 20.8 Å². The maximum absolute atomic E-state index is 12.3. The van der Waals surface area contributed by atoms with Crippen molar-refractivity contribution in [2.24, 2.45) is 0 Å². The molecule has 1 aromatic carbocycles. The summed E-state index contributed by atoms with van der Waals surface area (Å²) in [5, 5.41) is 9.09. The second kappa shape index (κ2) is 5.21. The lowest BCUT2D eigenvalue weighted by molar-refractivity contribution is 0.0696. The number of nitrogens with one attached hydrogen (secondary N) is 1. The third-order valence-corrected chi connectivity index (χ3v) is 4.34. The molecule has 0 aliphatic rings. The number of rotatable bonds is 4. The van der Waals surface area contributed by atoms with E-state index in [4.69, 9.17) is 9.52 Å². The van der Waals surface area contributed by atoms with Crippen molar-refractivity contribution < 1.29 is 22.7 Å². The highest BCUT2D eigenvalue weighted by atomic mass is 32.2. The highest BCUT2D eigenvalue weighted by Crippen LogP contribution is 2.23. The Morgan fingerprint density at radius 1 is 1.24 bits per heavy atom. The maximum atomic E-state index is 12.3. The first-order chi connectivity index (χ1) is 9.70. The van der Waals surface area contributed by atoms with Crippen molar-refractivity contribution in [1.82, 2.24) is 4.98 Å². The van der Waals surface area contributed by atoms with Crippen molar-refractivity contribution in [2.45, 2.75) is 25.7 Å². The smallest absolute Gasteiger partial charge is 0.335 e. The van der Waals surface area contributed by atoms with Crippen LogP contribution < -0.4 is 4.72 Å². The van der Waals surface area contributed by atoms with Crippen molar-refractivity contribution in [3.63, 3.8) is 0 Å². The Morgan fingerprint density at radius 2 is 1.90 bits per heavy atom. The number of carboxylic acid groups (broad SMARTS) is 1. The number of sulfonamides is 1. The Kier molecular flexibility index (Phi) is 3.73. The summed E-state index contributed by atoms with van der Waals surface area (Å²) in [5.41, 5.74) is 1.39. The topological polar surface area (TPSA) is 110 Å². The molecule has 8 heteroatoms. The van der Waals surface area contributed by atoms with Gasteiger partial charge in [-0.2, -0.15) is 4.98 Å². The summed E-state index contributed by atoms with van der Waals surface area (Å²) in [6.45, 7) is 4.85. The number of oxazole rings is 1. The fraction of sp³-hybridized carbons (Fsp3) is 0.231. The van der Waals surface area contributed by atoms with Crippen LogP contribution in [0.5, 0.6) is 0 Å². The number of aryl methyl sites for hydroxylation is 3. The van der Waals surface area contributed by atoms with E-state index < -0.39 is 16.0 Å². The van der Waals surface area contributed by atoms with Crippen LogP contribution in [0.15, 0.2) is 27.7 Å². The molecule has 2 N–H and O–H groups in total. The number of aromatic carboxylic acids is 1. The SMILES string of the molecule is Cc1coc(NS(=O)(=O)c2cc(C(=O)O)c(C)cc2C)n1. The minimum Gasteiger partial charge on any atom is -0.478 e. The van der Waals surface area contributed by atoms with Gasteiger partial charge >= 0.3 is 12.0 Å². The number of nitrogens with zero attached hydrogens (tertiary/aromatic N) is 1. The van der Waals surface area contributed by atoms with Gasteiger partial charge in [-0.15, -0.1) is 0 Å². The van der Waals surface area contributed by atoms with E-state index in [0.717, 1.165) is 6.07 Å². The first kappa shape index (κ1) is 15.0. The molecule has 0 saturated heterocycles. The first-order valence-electron chi connectivity index (χ1n) is 6.00. The van der Waals surface area contributed by atoms with Crippen LogP contribution >= 0.6 is 0 Å². The van der Waals surface area contributed by atoms with E-state index >= 15 is 0 Å². The molecule has 0 atom stereocenters. The number of carboxylic acids is 1. The van der Waals surface area contributed by atoms with Gasteiger partial charge in [0.25, 0.3) is 10.0 Å². The lowest BCUT2D eigenvalue weighted by Gasteiger charge is -2.10. The maximum Gasteiger partial charge on any atom is 0.335 e. The molecule has 0 bridgehead atoms. The van der Waals surface area contributed by atoms with E-state index in [1.165, 1.54) is 12.3 Å². The standard InChI is InChI=1S/C13H14N2O5S/c1-7-4-8(2)11(5-10(7)12(16)17)21(18,19)15-13-14-9(3)6-20-13/h4-6H,1-3H3,(H,14,15)(H,16,17). The lowest BCUT2D eigenvalue weighted by atomic mass is 10.1. The number of anilines is 1. The highest BCUT2D eigenvalue weighted by Gasteiger charge is 2.22. The van der Waals surface area contributed by atoms with Crippen molar-refractivity contribution in [1.29, 1.82) is 0 Å². The van der Waals surface area contributed by atoms with Gasteiger partial charge < -0.3 is 9.52 Å². The molecule has 0 fully saturated rings. The van der Waals surface area contributed by atoms with Gasteiger partial charge in [-0.25, -0.2) is 17.9 Å². The summed E-state index contributed by atoms with van der Waals surface area (Å²) >= 11 is 0. The fourth-order valence-corrected chi connectivity index (χ4v) is 3.11. The van der Waals surface area contributed by atoms with Crippen LogP contribution in [0.1, 0.15) is 27.2 Å². The summed E-state index contributed by atoms with van der Waals surface area (Å²) < 4.78 is 31.8.